The summed E-state index contributed by atoms with van der Waals surface area (Å²) in [6, 6.07) is 16.7. The quantitative estimate of drug-likeness (QED) is 0.546. The fraction of sp³-hybridized carbons (Fsp3) is 0.0526. The van der Waals surface area contributed by atoms with E-state index in [-0.39, 0.29) is 5.56 Å². The van der Waals surface area contributed by atoms with Gasteiger partial charge in [-0.2, -0.15) is 0 Å². The molecule has 0 fully saturated rings. The van der Waals surface area contributed by atoms with Crippen LogP contribution in [-0.4, -0.2) is 25.6 Å². The average Bonchev–Trinajstić information content (AvgIpc) is 3.11. The molecule has 2 N–H and O–H groups in total. The van der Waals surface area contributed by atoms with Gasteiger partial charge in [-0.05, 0) is 35.7 Å². The van der Waals surface area contributed by atoms with Crippen molar-refractivity contribution in [3.63, 3.8) is 0 Å². The molecule has 0 radical (unpaired) electrons. The van der Waals surface area contributed by atoms with E-state index < -0.39 is 15.9 Å². The lowest BCUT2D eigenvalue weighted by atomic mass is 10.1. The molecule has 0 aliphatic heterocycles. The van der Waals surface area contributed by atoms with Crippen LogP contribution in [0.4, 0.5) is 11.5 Å². The number of para-hydroxylation sites is 1. The zero-order valence-electron chi connectivity index (χ0n) is 14.3. The Morgan fingerprint density at radius 2 is 1.81 bits per heavy atom. The molecule has 0 aliphatic rings. The molecule has 2 aromatic heterocycles. The summed E-state index contributed by atoms with van der Waals surface area (Å²) >= 11 is 1.59. The molecule has 2 aromatic carbocycles. The summed E-state index contributed by atoms with van der Waals surface area (Å²) in [4.78, 5) is 16.8. The summed E-state index contributed by atoms with van der Waals surface area (Å²) < 4.78 is 25.7. The number of nitrogens with zero attached hydrogens (tertiary/aromatic N) is 1. The number of rotatable bonds is 4. The summed E-state index contributed by atoms with van der Waals surface area (Å²) in [6.07, 6.45) is 0.946. The number of carbonyl (C=O) groups excluding carboxylic acids is 1. The van der Waals surface area contributed by atoms with Crippen LogP contribution < -0.4 is 10.0 Å². The number of thiophene rings is 1. The van der Waals surface area contributed by atoms with E-state index >= 15 is 0 Å². The highest BCUT2D eigenvalue weighted by Gasteiger charge is 2.15. The fourth-order valence-electron chi connectivity index (χ4n) is 2.82. The molecule has 0 saturated carbocycles. The Morgan fingerprint density at radius 3 is 2.56 bits per heavy atom. The molecule has 2 heterocycles. The smallest absolute Gasteiger partial charge is 0.264 e. The van der Waals surface area contributed by atoms with Crippen LogP contribution >= 0.6 is 11.3 Å². The second-order valence-corrected chi connectivity index (χ2v) is 8.71. The van der Waals surface area contributed by atoms with E-state index in [2.05, 4.69) is 10.3 Å². The van der Waals surface area contributed by atoms with Crippen LogP contribution in [0.1, 0.15) is 10.4 Å². The van der Waals surface area contributed by atoms with Crippen LogP contribution in [-0.2, 0) is 10.0 Å². The number of anilines is 2. The van der Waals surface area contributed by atoms with E-state index in [0.717, 1.165) is 27.4 Å². The first-order valence-electron chi connectivity index (χ1n) is 8.06. The van der Waals surface area contributed by atoms with Crippen molar-refractivity contribution in [2.45, 2.75) is 0 Å². The predicted molar refractivity (Wildman–Crippen MR) is 109 cm³/mol. The normalized spacial score (nSPS) is 11.6. The van der Waals surface area contributed by atoms with E-state index in [1.165, 1.54) is 0 Å². The molecule has 8 heteroatoms. The molecule has 1 amide bonds. The lowest BCUT2D eigenvalue weighted by molar-refractivity contribution is 0.0982. The van der Waals surface area contributed by atoms with Crippen LogP contribution in [0.25, 0.3) is 21.0 Å². The third-order valence-corrected chi connectivity index (χ3v) is 5.48. The number of amides is 1. The van der Waals surface area contributed by atoms with Crippen molar-refractivity contribution in [3.05, 3.63) is 65.5 Å². The minimum absolute atomic E-state index is 0.238. The number of fused-ring (bicyclic) bond motifs is 3. The third kappa shape index (κ3) is 3.62. The van der Waals surface area contributed by atoms with E-state index in [1.807, 2.05) is 46.5 Å². The van der Waals surface area contributed by atoms with Crippen LogP contribution in [0.2, 0.25) is 0 Å². The number of nitrogens with one attached hydrogen (secondary N) is 2. The van der Waals surface area contributed by atoms with Gasteiger partial charge in [0.05, 0.1) is 11.8 Å². The average molecular weight is 397 g/mol. The number of hydrogen-bond acceptors (Lipinski definition) is 6. The molecular weight excluding hydrogens is 382 g/mol. The Labute approximate surface area is 159 Å². The molecule has 0 unspecified atom stereocenters. The molecule has 0 aliphatic carbocycles. The van der Waals surface area contributed by atoms with Crippen LogP contribution in [0, 0.1) is 0 Å². The maximum Gasteiger partial charge on any atom is 0.264 e. The first kappa shape index (κ1) is 17.4. The Bertz CT molecular complexity index is 1270. The van der Waals surface area contributed by atoms with Gasteiger partial charge in [-0.25, -0.2) is 18.1 Å². The number of carbonyl (C=O) groups is 1. The summed E-state index contributed by atoms with van der Waals surface area (Å²) in [6.45, 7) is 0. The van der Waals surface area contributed by atoms with Gasteiger partial charge in [0.1, 0.15) is 5.82 Å². The van der Waals surface area contributed by atoms with Crippen LogP contribution in [0.3, 0.4) is 0 Å². The van der Waals surface area contributed by atoms with E-state index in [1.54, 1.807) is 29.5 Å². The van der Waals surface area contributed by atoms with E-state index in [0.29, 0.717) is 11.3 Å². The number of hydrogen-bond donors (Lipinski definition) is 2. The lowest BCUT2D eigenvalue weighted by Gasteiger charge is -2.10. The van der Waals surface area contributed by atoms with Gasteiger partial charge in [0.25, 0.3) is 5.91 Å². The van der Waals surface area contributed by atoms with Crippen molar-refractivity contribution < 1.29 is 13.2 Å². The maximum atomic E-state index is 12.2. The van der Waals surface area contributed by atoms with Gasteiger partial charge in [-0.15, -0.1) is 11.3 Å². The number of sulfonamides is 1. The minimum Gasteiger partial charge on any atom is -0.340 e. The summed E-state index contributed by atoms with van der Waals surface area (Å²) in [5.74, 6) is 0.00988. The minimum atomic E-state index is -3.63. The number of pyridine rings is 1. The number of benzene rings is 2. The second-order valence-electron chi connectivity index (χ2n) is 6.05. The maximum absolute atomic E-state index is 12.2. The van der Waals surface area contributed by atoms with Crippen molar-refractivity contribution in [2.24, 2.45) is 0 Å². The molecule has 4 aromatic rings. The molecular formula is C19H15N3O3S2. The fourth-order valence-corrected chi connectivity index (χ4v) is 4.21. The van der Waals surface area contributed by atoms with Gasteiger partial charge >= 0.3 is 0 Å². The van der Waals surface area contributed by atoms with Crippen LogP contribution in [0.15, 0.2) is 60.0 Å². The lowest BCUT2D eigenvalue weighted by Crippen LogP contribution is -2.29. The van der Waals surface area contributed by atoms with E-state index in [4.69, 9.17) is 0 Å². The standard InChI is InChI=1S/C19H15N3O3S2/c1-27(24,25)22-19(23)12-7-8-14-16(11-12)21-18(15-9-10-26-17(14)15)20-13-5-3-2-4-6-13/h2-11H,1H3,(H,20,21)(H,22,23). The third-order valence-electron chi connectivity index (χ3n) is 3.97. The van der Waals surface area contributed by atoms with Crippen molar-refractivity contribution in [2.75, 3.05) is 11.6 Å². The second kappa shape index (κ2) is 6.64. The van der Waals surface area contributed by atoms with Crippen molar-refractivity contribution in [1.29, 1.82) is 0 Å². The SMILES string of the molecule is CS(=O)(=O)NC(=O)c1ccc2c(c1)nc(Nc1ccccc1)c1ccsc12. The van der Waals surface area contributed by atoms with Gasteiger partial charge in [-0.3, -0.25) is 4.79 Å². The van der Waals surface area contributed by atoms with Gasteiger partial charge in [0, 0.05) is 26.7 Å². The molecule has 27 heavy (non-hydrogen) atoms. The Kier molecular flexibility index (Phi) is 4.29. The zero-order valence-corrected chi connectivity index (χ0v) is 15.9. The van der Waals surface area contributed by atoms with Crippen molar-refractivity contribution in [1.82, 2.24) is 9.71 Å². The summed E-state index contributed by atoms with van der Waals surface area (Å²) in [5.41, 5.74) is 1.76. The summed E-state index contributed by atoms with van der Waals surface area (Å²) in [7, 11) is -3.63. The molecule has 4 rings (SSSR count). The predicted octanol–water partition coefficient (Wildman–Crippen LogP) is 3.88. The zero-order chi connectivity index (χ0) is 19.0. The molecule has 0 atom stereocenters. The highest BCUT2D eigenvalue weighted by atomic mass is 32.2. The Balaban J connectivity index is 1.83. The van der Waals surface area contributed by atoms with Gasteiger partial charge in [0.15, 0.2) is 0 Å². The first-order chi connectivity index (χ1) is 12.9. The Hall–Kier alpha value is -2.97. The molecule has 136 valence electrons. The topological polar surface area (TPSA) is 88.2 Å². The largest absolute Gasteiger partial charge is 0.340 e. The Morgan fingerprint density at radius 1 is 1.04 bits per heavy atom. The highest BCUT2D eigenvalue weighted by Crippen LogP contribution is 2.35. The molecule has 0 bridgehead atoms. The van der Waals surface area contributed by atoms with Crippen molar-refractivity contribution in [3.8, 4) is 0 Å². The molecule has 0 spiro atoms. The van der Waals surface area contributed by atoms with Gasteiger partial charge in [-0.1, -0.05) is 24.3 Å². The van der Waals surface area contributed by atoms with Gasteiger partial charge < -0.3 is 5.32 Å². The molecule has 0 saturated heterocycles. The highest BCUT2D eigenvalue weighted by molar-refractivity contribution is 7.89. The van der Waals surface area contributed by atoms with Crippen molar-refractivity contribution >= 4 is 59.8 Å². The van der Waals surface area contributed by atoms with Gasteiger partial charge in [0.2, 0.25) is 10.0 Å². The molecule has 6 nitrogen and oxygen atoms in total. The van der Waals surface area contributed by atoms with Crippen LogP contribution in [0.5, 0.6) is 0 Å². The number of aromatic nitrogens is 1. The summed E-state index contributed by atoms with van der Waals surface area (Å²) in [5, 5.41) is 7.21. The van der Waals surface area contributed by atoms with E-state index in [9.17, 15) is 13.2 Å². The monoisotopic (exact) mass is 397 g/mol. The first-order valence-corrected chi connectivity index (χ1v) is 10.8.